The maximum atomic E-state index is 13.1. The summed E-state index contributed by atoms with van der Waals surface area (Å²) >= 11 is 7.76. The summed E-state index contributed by atoms with van der Waals surface area (Å²) in [4.78, 5) is 11.9. The Hall–Kier alpha value is -2.47. The first-order valence-electron chi connectivity index (χ1n) is 10.7. The zero-order valence-electron chi connectivity index (χ0n) is 18.3. The van der Waals surface area contributed by atoms with Gasteiger partial charge in [0.05, 0.1) is 0 Å². The van der Waals surface area contributed by atoms with Crippen LogP contribution in [0.15, 0.2) is 114 Å². The van der Waals surface area contributed by atoms with Crippen LogP contribution in [0.25, 0.3) is 0 Å². The van der Waals surface area contributed by atoms with Crippen LogP contribution in [0.5, 0.6) is 0 Å². The fourth-order valence-corrected chi connectivity index (χ4v) is 12.3. The molecule has 0 spiro atoms. The first kappa shape index (κ1) is 25.6. The number of alkyl halides is 3. The van der Waals surface area contributed by atoms with Crippen LogP contribution in [0.4, 0.5) is 18.9 Å². The van der Waals surface area contributed by atoms with Crippen molar-refractivity contribution in [2.45, 2.75) is 12.3 Å². The van der Waals surface area contributed by atoms with E-state index in [4.69, 9.17) is 0 Å². The summed E-state index contributed by atoms with van der Waals surface area (Å²) in [5.41, 5.74) is 0.690. The van der Waals surface area contributed by atoms with Gasteiger partial charge in [0.15, 0.2) is 0 Å². The molecule has 0 saturated heterocycles. The monoisotopic (exact) mass is 621 g/mol. The van der Waals surface area contributed by atoms with Gasteiger partial charge in [0.25, 0.3) is 0 Å². The molecule has 1 N–H and O–H groups in total. The molecular formula is C27H21Br2F3NOP. The number of rotatable bonds is 6. The van der Waals surface area contributed by atoms with Crippen LogP contribution in [-0.4, -0.2) is 12.1 Å². The van der Waals surface area contributed by atoms with Crippen LogP contribution in [0, 0.1) is 0 Å². The van der Waals surface area contributed by atoms with Crippen molar-refractivity contribution in [3.8, 4) is 0 Å². The van der Waals surface area contributed by atoms with Crippen LogP contribution in [0.3, 0.4) is 0 Å². The van der Waals surface area contributed by atoms with Gasteiger partial charge in [-0.25, -0.2) is 0 Å². The minimum absolute atomic E-state index is 0.117. The van der Waals surface area contributed by atoms with E-state index in [0.717, 1.165) is 15.9 Å². The summed E-state index contributed by atoms with van der Waals surface area (Å²) in [6, 6.07) is 34.7. The van der Waals surface area contributed by atoms with Gasteiger partial charge in [0.2, 0.25) is 0 Å². The van der Waals surface area contributed by atoms with E-state index in [2.05, 4.69) is 36.7 Å². The van der Waals surface area contributed by atoms with Gasteiger partial charge < -0.3 is 0 Å². The first-order valence-corrected chi connectivity index (χ1v) is 15.9. The predicted octanol–water partition coefficient (Wildman–Crippen LogP) is 7.29. The van der Waals surface area contributed by atoms with Crippen LogP contribution in [0.2, 0.25) is 0 Å². The van der Waals surface area contributed by atoms with Gasteiger partial charge in [-0.2, -0.15) is 0 Å². The number of benzene rings is 4. The molecule has 2 nitrogen and oxygen atoms in total. The molecule has 0 saturated carbocycles. The third-order valence-corrected chi connectivity index (χ3v) is 15.9. The van der Waals surface area contributed by atoms with E-state index in [1.165, 1.54) is 6.07 Å². The van der Waals surface area contributed by atoms with E-state index in [0.29, 0.717) is 16.2 Å². The fourth-order valence-electron chi connectivity index (χ4n) is 4.27. The summed E-state index contributed by atoms with van der Waals surface area (Å²) in [5, 5.41) is 1.66. The first-order chi connectivity index (χ1) is 16.6. The molecule has 4 rings (SSSR count). The molecule has 0 heterocycles. The number of hydrogen-bond acceptors (Lipinski definition) is 1. The van der Waals surface area contributed by atoms with Crippen molar-refractivity contribution in [2.24, 2.45) is 0 Å². The Bertz CT molecular complexity index is 1230. The summed E-state index contributed by atoms with van der Waals surface area (Å²) in [7, 11) is 0. The van der Waals surface area contributed by atoms with E-state index < -0.39 is 17.4 Å². The van der Waals surface area contributed by atoms with Gasteiger partial charge in [-0.1, -0.05) is 0 Å². The van der Waals surface area contributed by atoms with Crippen molar-refractivity contribution in [1.29, 1.82) is 0 Å². The molecule has 0 aliphatic heterocycles. The van der Waals surface area contributed by atoms with Gasteiger partial charge in [0, 0.05) is 0 Å². The second-order valence-corrected chi connectivity index (χ2v) is 17.9. The molecule has 4 aromatic carbocycles. The van der Waals surface area contributed by atoms with Crippen LogP contribution in [0.1, 0.15) is 5.56 Å². The number of halogens is 5. The Morgan fingerprint density at radius 1 is 0.743 bits per heavy atom. The Labute approximate surface area is 218 Å². The Kier molecular flexibility index (Phi) is 7.23. The van der Waals surface area contributed by atoms with Crippen molar-refractivity contribution in [1.82, 2.24) is 0 Å². The third kappa shape index (κ3) is 4.95. The zero-order valence-corrected chi connectivity index (χ0v) is 22.4. The van der Waals surface area contributed by atoms with E-state index >= 15 is 0 Å². The molecule has 0 aliphatic rings. The molecule has 35 heavy (non-hydrogen) atoms. The third-order valence-electron chi connectivity index (χ3n) is 5.92. The molecular weight excluding hydrogens is 602 g/mol. The fraction of sp³-hybridized carbons (Fsp3) is 0.0741. The molecule has 1 amide bonds. The number of nitrogens with one attached hydrogen (secondary N) is 1. The average molecular weight is 623 g/mol. The summed E-state index contributed by atoms with van der Waals surface area (Å²) < 4.78 is 40.1. The molecule has 0 bridgehead atoms. The van der Waals surface area contributed by atoms with E-state index in [9.17, 15) is 18.0 Å². The van der Waals surface area contributed by atoms with Crippen molar-refractivity contribution in [3.63, 3.8) is 0 Å². The van der Waals surface area contributed by atoms with Crippen molar-refractivity contribution in [2.75, 3.05) is 5.32 Å². The standard InChI is InChI=1S/C27H21Br2F3NOP/c28-21-16-17-25(33-26(34)27(30,31)32)20(18-21)19-35(29,22-10-4-1-5-11-22,23-12-6-2-7-13-23)24-14-8-3-9-15-24/h1-18H,19H2,(H,33,34). The summed E-state index contributed by atoms with van der Waals surface area (Å²) in [5.74, 6) is -2.00. The van der Waals surface area contributed by atoms with Gasteiger partial charge in [-0.15, -0.1) is 0 Å². The Morgan fingerprint density at radius 3 is 1.57 bits per heavy atom. The second kappa shape index (κ2) is 9.88. The Morgan fingerprint density at radius 2 is 1.17 bits per heavy atom. The van der Waals surface area contributed by atoms with Crippen molar-refractivity contribution >= 4 is 64.2 Å². The van der Waals surface area contributed by atoms with E-state index in [1.54, 1.807) is 12.1 Å². The molecule has 8 heteroatoms. The van der Waals surface area contributed by atoms with Gasteiger partial charge in [-0.3, -0.25) is 0 Å². The molecule has 0 aliphatic carbocycles. The molecule has 4 aromatic rings. The molecule has 0 atom stereocenters. The molecule has 0 unspecified atom stereocenters. The van der Waals surface area contributed by atoms with Crippen LogP contribution in [-0.2, 0) is 11.0 Å². The molecule has 180 valence electrons. The topological polar surface area (TPSA) is 29.1 Å². The SMILES string of the molecule is O=C(Nc1ccc(Br)cc1CP(Br)(c1ccccc1)(c1ccccc1)c1ccccc1)C(F)(F)F. The van der Waals surface area contributed by atoms with Crippen LogP contribution >= 0.6 is 36.7 Å². The predicted molar refractivity (Wildman–Crippen MR) is 147 cm³/mol. The summed E-state index contributed by atoms with van der Waals surface area (Å²) in [6.45, 7) is 0. The zero-order chi connectivity index (χ0) is 25.1. The molecule has 0 fully saturated rings. The molecule has 0 aromatic heterocycles. The van der Waals surface area contributed by atoms with E-state index in [1.807, 2.05) is 91.0 Å². The van der Waals surface area contributed by atoms with Gasteiger partial charge in [-0.05, 0) is 0 Å². The maximum absolute atomic E-state index is 13.1. The van der Waals surface area contributed by atoms with Gasteiger partial charge in [0.1, 0.15) is 0 Å². The quantitative estimate of drug-likeness (QED) is 0.225. The number of carbonyl (C=O) groups excluding carboxylic acids is 1. The number of carbonyl (C=O) groups is 1. The number of amides is 1. The number of anilines is 1. The van der Waals surface area contributed by atoms with Gasteiger partial charge >= 0.3 is 219 Å². The van der Waals surface area contributed by atoms with E-state index in [-0.39, 0.29) is 5.69 Å². The minimum atomic E-state index is -5.00. The van der Waals surface area contributed by atoms with Crippen LogP contribution < -0.4 is 21.2 Å². The Balaban J connectivity index is 2.03. The number of hydrogen-bond donors (Lipinski definition) is 1. The normalized spacial score (nSPS) is 13.0. The average Bonchev–Trinajstić information content (AvgIpc) is 2.86. The molecule has 0 radical (unpaired) electrons. The van der Waals surface area contributed by atoms with Crippen molar-refractivity contribution < 1.29 is 18.0 Å². The summed E-state index contributed by atoms with van der Waals surface area (Å²) in [6.07, 6.45) is -4.67. The van der Waals surface area contributed by atoms with Crippen molar-refractivity contribution in [3.05, 3.63) is 119 Å². The second-order valence-electron chi connectivity index (χ2n) is 8.10.